The molecule has 0 atom stereocenters. The summed E-state index contributed by atoms with van der Waals surface area (Å²) in [5, 5.41) is 0. The second kappa shape index (κ2) is 997. The van der Waals surface area contributed by atoms with Gasteiger partial charge in [-0.1, -0.05) is 0 Å². The van der Waals surface area contributed by atoms with E-state index >= 15 is 0 Å². The molecule has 0 amide bonds. The maximum atomic E-state index is 0. The fourth-order valence-electron chi connectivity index (χ4n) is 0. The average Bonchev–Trinajstić information content (AvgIpc) is 0. The zero-order chi connectivity index (χ0) is 0. The molecule has 970 valence electrons. The summed E-state index contributed by atoms with van der Waals surface area (Å²) in [7, 11) is 0. The fourth-order valence-corrected chi connectivity index (χ4v) is 0. The predicted molar refractivity (Wildman–Crippen MR) is 0 cm³/mol. The molecule has 0 nitrogen and oxygen atoms in total. The van der Waals surface area contributed by atoms with Crippen molar-refractivity contribution in [3.8, 4) is 0 Å². The SMILES string of the molecule is [Pt].[Pt].[Pt].[Pt].[Pt].[Pt].[Pt].[Pt].[Pt].[Pt].[Pt].[Pt].[Pt].[Pt].[Pt].[Pt].[Pt].[Pt].[Pt].[Pt].[Pt].[Pt].[Pt].[Pt].[Pt].[Pt].[Pt].[Pt].[Pt].[Pt].[Pt].[Pt].[Pt].[Pt].[Pt].[Pt].[Pt].[Pt].[Pt].[Pt].[Pt].[Pt].[Pt].[Pt].[Pt].[Pt].[Pt].[Pt].[Pt].[Pt].[Pt].[Pt].[Pt].[Pt].[Pt].[Pt].[Pt].[Pt].[Pt].[Pt].[Pt].[Pt].[Pt].[Pt].[Pt].[Pt].[Pt].[Pt].[Pt].[Pt].[Pt].[Pt].[Pt].[Pt].[Pt].[Pt].[Pt].[Pt].[Pt].[Pt].[Pt].[Pt].[Pt].[Pt].[Pt].[Ru].[Ru].[Ru].[Ru].[Ru].[Ru].[Ru].[Ru].[Ru].[Ru].[Ru].[Ru].[Ru].[Ru].[Ru]. The van der Waals surface area contributed by atoms with Crippen LogP contribution in [0.5, 0.6) is 0 Å². The van der Waals surface area contributed by atoms with Gasteiger partial charge in [0.15, 0.2) is 0 Å². The Balaban J connectivity index is 0. The molecule has 0 aromatic carbocycles. The maximum Gasteiger partial charge on any atom is 0 e. The summed E-state index contributed by atoms with van der Waals surface area (Å²) in [6.07, 6.45) is 0. The van der Waals surface area contributed by atoms with Gasteiger partial charge in [-0.25, -0.2) is 0 Å². The van der Waals surface area contributed by atoms with E-state index in [9.17, 15) is 0 Å². The van der Waals surface area contributed by atoms with Gasteiger partial charge in [-0.15, -0.1) is 0 Å². The third-order valence-electron chi connectivity index (χ3n) is 0. The van der Waals surface area contributed by atoms with Crippen molar-refractivity contribution in [2.45, 2.75) is 0 Å². The van der Waals surface area contributed by atoms with E-state index in [0.29, 0.717) is 0 Å². The van der Waals surface area contributed by atoms with Crippen molar-refractivity contribution < 1.29 is 2080 Å². The van der Waals surface area contributed by atoms with E-state index in [-0.39, 0.29) is 2080 Å². The molecule has 0 heterocycles. The Kier molecular flexibility index (Phi) is 10100. The molecule has 0 aromatic rings. The van der Waals surface area contributed by atoms with Gasteiger partial charge in [0.25, 0.3) is 0 Å². The monoisotopic (exact) mass is 18100 g/mol. The summed E-state index contributed by atoms with van der Waals surface area (Å²) in [6.45, 7) is 0. The minimum atomic E-state index is 0. The number of rotatable bonds is 0. The summed E-state index contributed by atoms with van der Waals surface area (Å²) in [5.41, 5.74) is 0. The Morgan fingerprint density at radius 2 is 0.0200 bits per heavy atom. The van der Waals surface area contributed by atoms with Crippen LogP contribution in [0.2, 0.25) is 0 Å². The standard InChI is InChI=1S/85Pt.15Ru. The molecular formula is Pt85Ru15. The molecule has 0 aromatic heterocycles. The average molecular weight is 18100 g/mol. The van der Waals surface area contributed by atoms with Crippen molar-refractivity contribution in [2.24, 2.45) is 0 Å². The quantitative estimate of drug-likeness (QED) is 0.295. The maximum absolute atomic E-state index is 0. The summed E-state index contributed by atoms with van der Waals surface area (Å²) in [4.78, 5) is 0. The molecule has 0 aliphatic heterocycles. The normalized spacial score (nSPS) is 0. The summed E-state index contributed by atoms with van der Waals surface area (Å²) in [5.74, 6) is 0. The fraction of sp³-hybridized carbons (Fsp3) is 0. The van der Waals surface area contributed by atoms with Gasteiger partial charge in [-0.05, 0) is 0 Å². The first-order valence-electron chi connectivity index (χ1n) is 0. The van der Waals surface area contributed by atoms with Gasteiger partial charge < -0.3 is 0 Å². The molecule has 0 aliphatic carbocycles. The molecule has 0 bridgehead atoms. The smallest absolute Gasteiger partial charge is 0 e. The van der Waals surface area contributed by atoms with Gasteiger partial charge in [0.2, 0.25) is 0 Å². The topological polar surface area (TPSA) is 0 Å². The Morgan fingerprint density at radius 3 is 0.0200 bits per heavy atom. The van der Waals surface area contributed by atoms with Gasteiger partial charge in [-0.2, -0.15) is 0 Å². The minimum absolute atomic E-state index is 0. The molecule has 0 radical (unpaired) electrons. The van der Waals surface area contributed by atoms with Crippen LogP contribution in [-0.2, 0) is 2080 Å². The van der Waals surface area contributed by atoms with Gasteiger partial charge >= 0.3 is 0 Å². The molecule has 0 rings (SSSR count). The van der Waals surface area contributed by atoms with Crippen molar-refractivity contribution in [1.82, 2.24) is 0 Å². The van der Waals surface area contributed by atoms with Gasteiger partial charge in [0.1, 0.15) is 0 Å². The number of hydrogen-bond acceptors (Lipinski definition) is 0. The van der Waals surface area contributed by atoms with Crippen LogP contribution < -0.4 is 0 Å². The van der Waals surface area contributed by atoms with E-state index < -0.39 is 0 Å². The third kappa shape index (κ3) is 979. The summed E-state index contributed by atoms with van der Waals surface area (Å²) >= 11 is 0. The predicted octanol–water partition coefficient (Wildman–Crippen LogP) is -0.250. The van der Waals surface area contributed by atoms with E-state index in [1.54, 1.807) is 0 Å². The van der Waals surface area contributed by atoms with Crippen LogP contribution >= 0.6 is 0 Å². The van der Waals surface area contributed by atoms with Crippen LogP contribution in [0.3, 0.4) is 0 Å². The first-order chi connectivity index (χ1) is 0. The van der Waals surface area contributed by atoms with E-state index in [4.69, 9.17) is 0 Å². The number of hydrogen-bond donors (Lipinski definition) is 0. The van der Waals surface area contributed by atoms with Crippen molar-refractivity contribution in [3.05, 3.63) is 0 Å². The van der Waals surface area contributed by atoms with Crippen LogP contribution in [0.1, 0.15) is 0 Å². The first-order valence-corrected chi connectivity index (χ1v) is 0. The molecule has 0 saturated carbocycles. The van der Waals surface area contributed by atoms with E-state index in [0.717, 1.165) is 0 Å². The van der Waals surface area contributed by atoms with Crippen molar-refractivity contribution >= 4 is 0 Å². The Bertz CT molecular complexity index is 61.0. The molecular weight excluding hydrogens is 18100 g/mol. The molecule has 0 aliphatic rings. The largest absolute Gasteiger partial charge is 0 e. The van der Waals surface area contributed by atoms with Gasteiger partial charge in [0, 0.05) is 2080 Å². The molecule has 0 spiro atoms. The van der Waals surface area contributed by atoms with Crippen LogP contribution in [0.4, 0.5) is 0 Å². The zero-order valence-corrected chi connectivity index (χ0v) is 251. The summed E-state index contributed by atoms with van der Waals surface area (Å²) in [6, 6.07) is 0. The zero-order valence-electron chi connectivity index (χ0n) is 32.2. The van der Waals surface area contributed by atoms with Gasteiger partial charge in [0.05, 0.1) is 0 Å². The molecule has 100 heavy (non-hydrogen) atoms. The second-order valence-electron chi connectivity index (χ2n) is 0. The Hall–Kier alpha value is 67.9. The second-order valence-corrected chi connectivity index (χ2v) is 0. The van der Waals surface area contributed by atoms with Crippen LogP contribution in [-0.4, -0.2) is 0 Å². The minimum Gasteiger partial charge on any atom is 0 e. The van der Waals surface area contributed by atoms with E-state index in [1.807, 2.05) is 0 Å². The first kappa shape index (κ1) is 1010. The van der Waals surface area contributed by atoms with Crippen LogP contribution in [0, 0.1) is 0 Å². The van der Waals surface area contributed by atoms with E-state index in [2.05, 4.69) is 0 Å². The van der Waals surface area contributed by atoms with Crippen LogP contribution in [0.15, 0.2) is 0 Å². The van der Waals surface area contributed by atoms with E-state index in [1.165, 1.54) is 0 Å². The molecule has 0 saturated heterocycles. The third-order valence-corrected chi connectivity index (χ3v) is 0. The van der Waals surface area contributed by atoms with Gasteiger partial charge in [-0.3, -0.25) is 0 Å². The Morgan fingerprint density at radius 1 is 0.0200 bits per heavy atom. The van der Waals surface area contributed by atoms with Crippen LogP contribution in [0.25, 0.3) is 0 Å². The molecule has 100 heteroatoms. The molecule has 0 N–H and O–H groups in total. The molecule has 0 fully saturated rings. The van der Waals surface area contributed by atoms with Crippen molar-refractivity contribution in [3.63, 3.8) is 0 Å². The van der Waals surface area contributed by atoms with Crippen molar-refractivity contribution in [1.29, 1.82) is 0 Å². The van der Waals surface area contributed by atoms with Crippen molar-refractivity contribution in [2.75, 3.05) is 0 Å². The Labute approximate surface area is 2020 Å². The molecule has 0 unspecified atom stereocenters. The summed E-state index contributed by atoms with van der Waals surface area (Å²) < 4.78 is 0.